The summed E-state index contributed by atoms with van der Waals surface area (Å²) in [6.07, 6.45) is -1.83. The average Bonchev–Trinajstić information content (AvgIpc) is 3.20. The predicted octanol–water partition coefficient (Wildman–Crippen LogP) is 2.23. The number of carbonyl (C=O) groups is 1. The van der Waals surface area contributed by atoms with Crippen molar-refractivity contribution in [3.63, 3.8) is 0 Å². The number of sulfone groups is 1. The highest BCUT2D eigenvalue weighted by molar-refractivity contribution is 7.90. The monoisotopic (exact) mass is 537 g/mol. The van der Waals surface area contributed by atoms with Gasteiger partial charge in [-0.15, -0.1) is 0 Å². The van der Waals surface area contributed by atoms with Gasteiger partial charge in [0.15, 0.2) is 15.3 Å². The second-order valence-electron chi connectivity index (χ2n) is 8.15. The van der Waals surface area contributed by atoms with Gasteiger partial charge in [-0.2, -0.15) is 22.9 Å². The maximum Gasteiger partial charge on any atom is 0.416 e. The lowest BCUT2D eigenvalue weighted by Gasteiger charge is -2.28. The second kappa shape index (κ2) is 10.7. The van der Waals surface area contributed by atoms with Crippen LogP contribution in [0.2, 0.25) is 0 Å². The Balaban J connectivity index is 0.000000175. The van der Waals surface area contributed by atoms with Crippen LogP contribution in [0.4, 0.5) is 19.0 Å². The third kappa shape index (κ3) is 6.51. The Morgan fingerprint density at radius 1 is 1.05 bits per heavy atom. The highest BCUT2D eigenvalue weighted by Crippen LogP contribution is 2.31. The van der Waals surface area contributed by atoms with E-state index < -0.39 is 27.5 Å². The first-order chi connectivity index (χ1) is 17.5. The van der Waals surface area contributed by atoms with E-state index in [2.05, 4.69) is 19.9 Å². The minimum Gasteiger partial charge on any atom is -0.427 e. The topological polar surface area (TPSA) is 127 Å². The van der Waals surface area contributed by atoms with Gasteiger partial charge in [-0.05, 0) is 30.3 Å². The Bertz CT molecular complexity index is 1470. The van der Waals surface area contributed by atoms with Gasteiger partial charge in [0.05, 0.1) is 36.0 Å². The van der Waals surface area contributed by atoms with Crippen LogP contribution in [0.15, 0.2) is 60.0 Å². The summed E-state index contributed by atoms with van der Waals surface area (Å²) in [5.74, 6) is 0.00222. The number of hydrogen-bond donors (Lipinski definition) is 1. The minimum atomic E-state index is -4.53. The van der Waals surface area contributed by atoms with E-state index in [0.717, 1.165) is 42.7 Å². The van der Waals surface area contributed by atoms with E-state index in [9.17, 15) is 31.6 Å². The summed E-state index contributed by atoms with van der Waals surface area (Å²) in [5.41, 5.74) is 0.220. The highest BCUT2D eigenvalue weighted by Gasteiger charge is 2.32. The molecule has 0 spiro atoms. The Labute approximate surface area is 209 Å². The van der Waals surface area contributed by atoms with Crippen molar-refractivity contribution in [1.29, 1.82) is 0 Å². The molecule has 37 heavy (non-hydrogen) atoms. The van der Waals surface area contributed by atoms with E-state index in [1.165, 1.54) is 36.8 Å². The van der Waals surface area contributed by atoms with Crippen LogP contribution in [0.1, 0.15) is 27.2 Å². The number of pyridine rings is 1. The number of hydrogen-bond acceptors (Lipinski definition) is 8. The summed E-state index contributed by atoms with van der Waals surface area (Å²) >= 11 is 0. The van der Waals surface area contributed by atoms with Crippen LogP contribution in [-0.4, -0.2) is 60.5 Å². The average molecular weight is 538 g/mol. The molecule has 0 bridgehead atoms. The van der Waals surface area contributed by atoms with Crippen molar-refractivity contribution in [3.8, 4) is 0 Å². The van der Waals surface area contributed by atoms with Crippen molar-refractivity contribution in [3.05, 3.63) is 82.9 Å². The van der Waals surface area contributed by atoms with E-state index in [0.29, 0.717) is 23.6 Å². The smallest absolute Gasteiger partial charge is 0.416 e. The van der Waals surface area contributed by atoms with Gasteiger partial charge in [0, 0.05) is 30.4 Å². The number of alkyl halides is 3. The van der Waals surface area contributed by atoms with Gasteiger partial charge in [-0.1, -0.05) is 12.1 Å². The molecule has 2 aliphatic heterocycles. The van der Waals surface area contributed by atoms with Gasteiger partial charge < -0.3 is 14.8 Å². The number of amides is 1. The first kappa shape index (κ1) is 26.3. The lowest BCUT2D eigenvalue weighted by Crippen LogP contribution is -2.37. The van der Waals surface area contributed by atoms with Crippen molar-refractivity contribution in [1.82, 2.24) is 14.7 Å². The zero-order chi connectivity index (χ0) is 26.6. The van der Waals surface area contributed by atoms with Crippen LogP contribution in [0, 0.1) is 0 Å². The minimum absolute atomic E-state index is 0.0438. The molecule has 3 aromatic rings. The molecule has 1 saturated heterocycles. The Hall–Kier alpha value is -3.78. The van der Waals surface area contributed by atoms with Crippen LogP contribution in [0.5, 0.6) is 0 Å². The summed E-state index contributed by atoms with van der Waals surface area (Å²) in [6.45, 7) is 2.82. The van der Waals surface area contributed by atoms with Crippen LogP contribution in [-0.2, 0) is 32.3 Å². The number of carbonyl (C=O) groups excluding carboxylic acids is 1. The largest absolute Gasteiger partial charge is 0.427 e. The number of nitrogens with zero attached hydrogens (tertiary/aromatic N) is 5. The van der Waals surface area contributed by atoms with E-state index in [4.69, 9.17) is 4.74 Å². The van der Waals surface area contributed by atoms with Gasteiger partial charge in [0.1, 0.15) is 12.1 Å². The maximum atomic E-state index is 12.5. The molecule has 0 saturated carbocycles. The maximum absolute atomic E-state index is 12.5. The van der Waals surface area contributed by atoms with Gasteiger partial charge in [-0.25, -0.2) is 18.4 Å². The standard InChI is InChI=1S/C13H9F3N2O2.C10H13N3O3S/c14-13(15,16)10-5-3-4-9(8-10)12(19)17-11-6-1-2-7-18(11)20;14-17(15)5-8-9(6-17)11-7-12-10(8)13-1-3-16-4-2-13/h1-8,20H;7H,1-6H2. The summed E-state index contributed by atoms with van der Waals surface area (Å²) in [5, 5.41) is 9.38. The molecule has 1 amide bonds. The number of halogens is 3. The fourth-order valence-electron chi connectivity index (χ4n) is 3.75. The molecule has 1 aromatic carbocycles. The van der Waals surface area contributed by atoms with Gasteiger partial charge in [0.2, 0.25) is 0 Å². The molecular weight excluding hydrogens is 515 g/mol. The fourth-order valence-corrected chi connectivity index (χ4v) is 5.25. The van der Waals surface area contributed by atoms with Crippen molar-refractivity contribution in [2.45, 2.75) is 17.7 Å². The molecular formula is C23H22F3N5O5S. The quantitative estimate of drug-likeness (QED) is 0.493. The number of ether oxygens (including phenoxy) is 1. The van der Waals surface area contributed by atoms with Crippen molar-refractivity contribution >= 4 is 21.6 Å². The molecule has 0 unspecified atom stereocenters. The zero-order valence-corrected chi connectivity index (χ0v) is 20.1. The lowest BCUT2D eigenvalue weighted by molar-refractivity contribution is -0.137. The van der Waals surface area contributed by atoms with E-state index in [1.807, 2.05) is 0 Å². The molecule has 0 radical (unpaired) electrons. The summed E-state index contributed by atoms with van der Waals surface area (Å²) in [4.78, 5) is 25.7. The molecule has 196 valence electrons. The van der Waals surface area contributed by atoms with Crippen molar-refractivity contribution in [2.75, 3.05) is 31.2 Å². The predicted molar refractivity (Wildman–Crippen MR) is 124 cm³/mol. The van der Waals surface area contributed by atoms with Gasteiger partial charge >= 0.3 is 6.18 Å². The molecule has 1 fully saturated rings. The van der Waals surface area contributed by atoms with E-state index >= 15 is 0 Å². The first-order valence-electron chi connectivity index (χ1n) is 11.0. The lowest BCUT2D eigenvalue weighted by atomic mass is 10.1. The molecule has 14 heteroatoms. The van der Waals surface area contributed by atoms with Crippen molar-refractivity contribution < 1.29 is 36.3 Å². The second-order valence-corrected chi connectivity index (χ2v) is 10.2. The number of morpholine rings is 1. The Kier molecular flexibility index (Phi) is 7.59. The first-order valence-corrected chi connectivity index (χ1v) is 12.8. The molecule has 4 heterocycles. The molecule has 1 N–H and O–H groups in total. The third-order valence-electron chi connectivity index (χ3n) is 5.51. The number of fused-ring (bicyclic) bond motifs is 1. The molecule has 0 atom stereocenters. The molecule has 0 aliphatic carbocycles. The zero-order valence-electron chi connectivity index (χ0n) is 19.3. The molecule has 5 rings (SSSR count). The van der Waals surface area contributed by atoms with Crippen LogP contribution in [0.3, 0.4) is 0 Å². The summed E-state index contributed by atoms with van der Waals surface area (Å²) in [7, 11) is -3.03. The number of rotatable bonds is 2. The van der Waals surface area contributed by atoms with Crippen LogP contribution in [0.25, 0.3) is 0 Å². The molecule has 2 aromatic heterocycles. The Morgan fingerprint density at radius 3 is 2.51 bits per heavy atom. The highest BCUT2D eigenvalue weighted by atomic mass is 32.2. The molecule has 10 nitrogen and oxygen atoms in total. The molecule has 2 aliphatic rings. The van der Waals surface area contributed by atoms with E-state index in [-0.39, 0.29) is 22.6 Å². The van der Waals surface area contributed by atoms with Crippen LogP contribution >= 0.6 is 0 Å². The number of anilines is 1. The van der Waals surface area contributed by atoms with Crippen molar-refractivity contribution in [2.24, 2.45) is 4.99 Å². The number of aromatic nitrogens is 3. The van der Waals surface area contributed by atoms with Gasteiger partial charge in [-0.3, -0.25) is 4.79 Å². The summed E-state index contributed by atoms with van der Waals surface area (Å²) < 4.78 is 66.7. The number of benzene rings is 1. The normalized spacial score (nSPS) is 17.1. The van der Waals surface area contributed by atoms with E-state index in [1.54, 1.807) is 0 Å². The fraction of sp³-hybridized carbons (Fsp3) is 0.304. The summed E-state index contributed by atoms with van der Waals surface area (Å²) in [6, 6.07) is 8.33. The van der Waals surface area contributed by atoms with Crippen LogP contribution < -0.4 is 10.4 Å². The van der Waals surface area contributed by atoms with Gasteiger partial charge in [0.25, 0.3) is 5.91 Å². The third-order valence-corrected chi connectivity index (χ3v) is 6.96. The Morgan fingerprint density at radius 2 is 1.81 bits per heavy atom. The SMILES string of the molecule is O=C(N=c1ccccn1O)c1cccc(C(F)(F)F)c1.O=S1(=O)Cc2ncnc(N3CCOCC3)c2C1.